The zero-order valence-electron chi connectivity index (χ0n) is 14.4. The molecule has 2 aromatic heterocycles. The maximum absolute atomic E-state index is 12.2. The van der Waals surface area contributed by atoms with Crippen molar-refractivity contribution in [3.63, 3.8) is 0 Å². The summed E-state index contributed by atoms with van der Waals surface area (Å²) >= 11 is 0. The fourth-order valence-corrected chi connectivity index (χ4v) is 2.83. The molecule has 0 atom stereocenters. The van der Waals surface area contributed by atoms with Crippen molar-refractivity contribution >= 4 is 5.91 Å². The van der Waals surface area contributed by atoms with Crippen molar-refractivity contribution in [1.82, 2.24) is 29.9 Å². The van der Waals surface area contributed by atoms with E-state index in [2.05, 4.69) is 25.3 Å². The van der Waals surface area contributed by atoms with Gasteiger partial charge < -0.3 is 14.4 Å². The highest BCUT2D eigenvalue weighted by Gasteiger charge is 2.23. The summed E-state index contributed by atoms with van der Waals surface area (Å²) in [7, 11) is 1.82. The van der Waals surface area contributed by atoms with Gasteiger partial charge in [0.15, 0.2) is 5.82 Å². The first-order valence-electron chi connectivity index (χ1n) is 8.35. The first kappa shape index (κ1) is 16.6. The lowest BCUT2D eigenvalue weighted by molar-refractivity contribution is 0.0896. The average Bonchev–Trinajstić information content (AvgIpc) is 3.18. The van der Waals surface area contributed by atoms with Gasteiger partial charge in [0, 0.05) is 32.1 Å². The van der Waals surface area contributed by atoms with Crippen molar-refractivity contribution in [2.24, 2.45) is 7.05 Å². The second-order valence-electron chi connectivity index (χ2n) is 6.61. The number of likely N-dealkylation sites (tertiary alicyclic amines) is 1. The Morgan fingerprint density at radius 1 is 1.42 bits per heavy atom. The summed E-state index contributed by atoms with van der Waals surface area (Å²) in [6.45, 7) is 6.56. The van der Waals surface area contributed by atoms with Crippen LogP contribution in [0.2, 0.25) is 0 Å². The molecule has 0 unspecified atom stereocenters. The summed E-state index contributed by atoms with van der Waals surface area (Å²) in [5.74, 6) is 1.63. The van der Waals surface area contributed by atoms with Crippen LogP contribution in [0.15, 0.2) is 17.0 Å². The molecular formula is C16H24N6O2. The maximum atomic E-state index is 12.2. The molecular weight excluding hydrogens is 308 g/mol. The van der Waals surface area contributed by atoms with E-state index in [9.17, 15) is 4.79 Å². The normalized spacial score (nSPS) is 16.7. The number of carbonyl (C=O) groups is 1. The van der Waals surface area contributed by atoms with Crippen LogP contribution in [-0.4, -0.2) is 49.6 Å². The lowest BCUT2D eigenvalue weighted by Crippen LogP contribution is -2.44. The van der Waals surface area contributed by atoms with Crippen molar-refractivity contribution in [1.29, 1.82) is 0 Å². The molecule has 24 heavy (non-hydrogen) atoms. The Morgan fingerprint density at radius 2 is 2.17 bits per heavy atom. The molecule has 3 rings (SSSR count). The number of nitrogens with one attached hydrogen (secondary N) is 1. The number of carbonyl (C=O) groups excluding carboxylic acids is 1. The third kappa shape index (κ3) is 3.81. The van der Waals surface area contributed by atoms with E-state index in [0.717, 1.165) is 31.8 Å². The van der Waals surface area contributed by atoms with Crippen molar-refractivity contribution in [2.75, 3.05) is 13.1 Å². The van der Waals surface area contributed by atoms with E-state index in [1.165, 1.54) is 0 Å². The molecule has 8 nitrogen and oxygen atoms in total. The zero-order chi connectivity index (χ0) is 17.1. The molecule has 3 heterocycles. The predicted molar refractivity (Wildman–Crippen MR) is 87.4 cm³/mol. The fourth-order valence-electron chi connectivity index (χ4n) is 2.83. The summed E-state index contributed by atoms with van der Waals surface area (Å²) in [5.41, 5.74) is 0.588. The van der Waals surface area contributed by atoms with Gasteiger partial charge in [-0.1, -0.05) is 19.0 Å². The number of nitrogens with zero attached hydrogens (tertiary/aromatic N) is 5. The maximum Gasteiger partial charge on any atom is 0.269 e. The fraction of sp³-hybridized carbons (Fsp3) is 0.625. The molecule has 1 amide bonds. The van der Waals surface area contributed by atoms with E-state index in [-0.39, 0.29) is 17.9 Å². The molecule has 8 heteroatoms. The van der Waals surface area contributed by atoms with Crippen LogP contribution in [-0.2, 0) is 13.6 Å². The van der Waals surface area contributed by atoms with Crippen molar-refractivity contribution < 1.29 is 9.32 Å². The Labute approximate surface area is 141 Å². The number of aromatic nitrogens is 4. The number of hydrogen-bond donors (Lipinski definition) is 1. The highest BCUT2D eigenvalue weighted by atomic mass is 16.5. The van der Waals surface area contributed by atoms with Gasteiger partial charge in [-0.25, -0.2) is 4.98 Å². The van der Waals surface area contributed by atoms with Gasteiger partial charge in [-0.05, 0) is 12.8 Å². The van der Waals surface area contributed by atoms with Gasteiger partial charge >= 0.3 is 0 Å². The highest BCUT2D eigenvalue weighted by Crippen LogP contribution is 2.15. The number of piperidine rings is 1. The molecule has 0 spiro atoms. The number of imidazole rings is 1. The molecule has 0 aliphatic carbocycles. The first-order chi connectivity index (χ1) is 11.5. The lowest BCUT2D eigenvalue weighted by atomic mass is 10.0. The lowest BCUT2D eigenvalue weighted by Gasteiger charge is -2.31. The van der Waals surface area contributed by atoms with E-state index < -0.39 is 0 Å². The third-order valence-corrected chi connectivity index (χ3v) is 4.33. The monoisotopic (exact) mass is 332 g/mol. The van der Waals surface area contributed by atoms with E-state index in [1.807, 2.05) is 20.9 Å². The van der Waals surface area contributed by atoms with E-state index in [0.29, 0.717) is 18.1 Å². The minimum atomic E-state index is -0.0630. The van der Waals surface area contributed by atoms with Crippen LogP contribution in [0, 0.1) is 0 Å². The van der Waals surface area contributed by atoms with Gasteiger partial charge in [-0.15, -0.1) is 0 Å². The topological polar surface area (TPSA) is 89.1 Å². The molecule has 0 bridgehead atoms. The van der Waals surface area contributed by atoms with Gasteiger partial charge in [0.25, 0.3) is 5.91 Å². The van der Waals surface area contributed by atoms with Gasteiger partial charge in [0.05, 0.1) is 19.1 Å². The van der Waals surface area contributed by atoms with Gasteiger partial charge in [-0.2, -0.15) is 4.98 Å². The van der Waals surface area contributed by atoms with Crippen LogP contribution in [0.3, 0.4) is 0 Å². The predicted octanol–water partition coefficient (Wildman–Crippen LogP) is 1.32. The van der Waals surface area contributed by atoms with Crippen molar-refractivity contribution in [3.05, 3.63) is 29.9 Å². The van der Waals surface area contributed by atoms with Crippen molar-refractivity contribution in [3.8, 4) is 0 Å². The zero-order valence-corrected chi connectivity index (χ0v) is 14.4. The Kier molecular flexibility index (Phi) is 4.94. The molecule has 1 N–H and O–H groups in total. The first-order valence-corrected chi connectivity index (χ1v) is 8.35. The summed E-state index contributed by atoms with van der Waals surface area (Å²) in [6, 6.07) is 0.192. The van der Waals surface area contributed by atoms with Crippen LogP contribution in [0.1, 0.15) is 54.8 Å². The number of amides is 1. The summed E-state index contributed by atoms with van der Waals surface area (Å²) < 4.78 is 7.03. The Balaban J connectivity index is 1.47. The SMILES string of the molecule is CC(C)c1noc(CN2CCC(NC(=O)c3cncn3C)CC2)n1. The molecule has 1 aliphatic rings. The van der Waals surface area contributed by atoms with Crippen LogP contribution >= 0.6 is 0 Å². The van der Waals surface area contributed by atoms with Crippen LogP contribution in [0.25, 0.3) is 0 Å². The van der Waals surface area contributed by atoms with E-state index in [1.54, 1.807) is 17.1 Å². The second-order valence-corrected chi connectivity index (χ2v) is 6.61. The molecule has 1 aliphatic heterocycles. The summed E-state index contributed by atoms with van der Waals surface area (Å²) in [6.07, 6.45) is 5.04. The van der Waals surface area contributed by atoms with Crippen molar-refractivity contribution in [2.45, 2.75) is 45.2 Å². The summed E-state index contributed by atoms with van der Waals surface area (Å²) in [5, 5.41) is 7.08. The molecule has 130 valence electrons. The smallest absolute Gasteiger partial charge is 0.269 e. The Hall–Kier alpha value is -2.22. The highest BCUT2D eigenvalue weighted by molar-refractivity contribution is 5.92. The average molecular weight is 332 g/mol. The Morgan fingerprint density at radius 3 is 2.75 bits per heavy atom. The number of aryl methyl sites for hydroxylation is 1. The third-order valence-electron chi connectivity index (χ3n) is 4.33. The molecule has 2 aromatic rings. The van der Waals surface area contributed by atoms with E-state index >= 15 is 0 Å². The van der Waals surface area contributed by atoms with Crippen LogP contribution in [0.4, 0.5) is 0 Å². The van der Waals surface area contributed by atoms with Crippen LogP contribution < -0.4 is 5.32 Å². The van der Waals surface area contributed by atoms with Gasteiger partial charge in [0.2, 0.25) is 5.89 Å². The summed E-state index contributed by atoms with van der Waals surface area (Å²) in [4.78, 5) is 22.9. The number of rotatable bonds is 5. The standard InChI is InChI=1S/C16H24N6O2/c1-11(2)15-19-14(24-20-15)9-22-6-4-12(5-7-22)18-16(23)13-8-17-10-21(13)3/h8,10-12H,4-7,9H2,1-3H3,(H,18,23). The van der Waals surface area contributed by atoms with E-state index in [4.69, 9.17) is 4.52 Å². The largest absolute Gasteiger partial charge is 0.348 e. The minimum absolute atomic E-state index is 0.0630. The molecule has 0 saturated carbocycles. The second kappa shape index (κ2) is 7.12. The molecule has 0 aromatic carbocycles. The Bertz CT molecular complexity index is 684. The molecule has 0 radical (unpaired) electrons. The minimum Gasteiger partial charge on any atom is -0.348 e. The van der Waals surface area contributed by atoms with Gasteiger partial charge in [-0.3, -0.25) is 9.69 Å². The quantitative estimate of drug-likeness (QED) is 0.888. The molecule has 1 fully saturated rings. The molecule has 1 saturated heterocycles. The van der Waals surface area contributed by atoms with Gasteiger partial charge in [0.1, 0.15) is 5.69 Å². The number of hydrogen-bond acceptors (Lipinski definition) is 6. The van der Waals surface area contributed by atoms with Crippen LogP contribution in [0.5, 0.6) is 0 Å².